The van der Waals surface area contributed by atoms with Crippen LogP contribution in [0.25, 0.3) is 0 Å². The van der Waals surface area contributed by atoms with Crippen molar-refractivity contribution in [3.8, 4) is 0 Å². The first kappa shape index (κ1) is 12.5. The van der Waals surface area contributed by atoms with Crippen molar-refractivity contribution in [1.82, 2.24) is 5.32 Å². The average molecular weight is 239 g/mol. The highest BCUT2D eigenvalue weighted by Crippen LogP contribution is 2.41. The first-order chi connectivity index (χ1) is 7.82. The summed E-state index contributed by atoms with van der Waals surface area (Å²) in [7, 11) is 0. The highest BCUT2D eigenvalue weighted by atomic mass is 19.1. The number of nitrogens with one attached hydrogen (secondary N) is 1. The van der Waals surface area contributed by atoms with Crippen molar-refractivity contribution < 1.29 is 8.78 Å². The minimum absolute atomic E-state index is 0.0132. The van der Waals surface area contributed by atoms with Crippen LogP contribution in [0.2, 0.25) is 0 Å². The molecule has 2 rings (SSSR count). The lowest BCUT2D eigenvalue weighted by atomic mass is 9.76. The quantitative estimate of drug-likeness (QED) is 0.727. The SMILES string of the molecule is CC1CNC(C(C)(C)C)c2c(F)ccc(F)c21. The molecule has 2 atom stereocenters. The predicted molar refractivity (Wildman–Crippen MR) is 65.0 cm³/mol. The third-order valence-corrected chi connectivity index (χ3v) is 3.46. The molecule has 0 fully saturated rings. The lowest BCUT2D eigenvalue weighted by molar-refractivity contribution is 0.246. The molecule has 1 N–H and O–H groups in total. The molecule has 0 aromatic heterocycles. The van der Waals surface area contributed by atoms with E-state index in [-0.39, 0.29) is 29.0 Å². The van der Waals surface area contributed by atoms with Crippen molar-refractivity contribution in [1.29, 1.82) is 0 Å². The van der Waals surface area contributed by atoms with E-state index in [4.69, 9.17) is 0 Å². The molecule has 94 valence electrons. The van der Waals surface area contributed by atoms with E-state index in [9.17, 15) is 8.78 Å². The summed E-state index contributed by atoms with van der Waals surface area (Å²) in [5.41, 5.74) is 0.920. The van der Waals surface area contributed by atoms with Gasteiger partial charge in [-0.25, -0.2) is 8.78 Å². The largest absolute Gasteiger partial charge is 0.309 e. The highest BCUT2D eigenvalue weighted by Gasteiger charge is 2.36. The number of rotatable bonds is 0. The standard InChI is InChI=1S/C14H19F2N/c1-8-7-17-13(14(2,3)4)12-10(16)6-5-9(15)11(8)12/h5-6,8,13,17H,7H2,1-4H3. The minimum atomic E-state index is -0.305. The van der Waals surface area contributed by atoms with Crippen molar-refractivity contribution >= 4 is 0 Å². The van der Waals surface area contributed by atoms with Gasteiger partial charge >= 0.3 is 0 Å². The molecule has 17 heavy (non-hydrogen) atoms. The van der Waals surface area contributed by atoms with Crippen LogP contribution in [-0.4, -0.2) is 6.54 Å². The van der Waals surface area contributed by atoms with Crippen LogP contribution in [0.4, 0.5) is 8.78 Å². The van der Waals surface area contributed by atoms with Crippen molar-refractivity contribution in [2.75, 3.05) is 6.54 Å². The second-order valence-electron chi connectivity index (χ2n) is 5.96. The van der Waals surface area contributed by atoms with Crippen LogP contribution >= 0.6 is 0 Å². The smallest absolute Gasteiger partial charge is 0.128 e. The van der Waals surface area contributed by atoms with E-state index in [2.05, 4.69) is 5.32 Å². The summed E-state index contributed by atoms with van der Waals surface area (Å²) in [6.45, 7) is 8.72. The fourth-order valence-corrected chi connectivity index (χ4v) is 2.62. The van der Waals surface area contributed by atoms with Gasteiger partial charge in [0, 0.05) is 18.2 Å². The molecule has 1 aromatic rings. The second-order valence-corrected chi connectivity index (χ2v) is 5.96. The Morgan fingerprint density at radius 1 is 1.12 bits per heavy atom. The summed E-state index contributed by atoms with van der Waals surface area (Å²) >= 11 is 0. The van der Waals surface area contributed by atoms with Gasteiger partial charge in [0.25, 0.3) is 0 Å². The zero-order valence-electron chi connectivity index (χ0n) is 10.8. The summed E-state index contributed by atoms with van der Waals surface area (Å²) in [6.07, 6.45) is 0. The van der Waals surface area contributed by atoms with E-state index in [0.29, 0.717) is 17.7 Å². The molecule has 1 nitrogen and oxygen atoms in total. The van der Waals surface area contributed by atoms with Crippen LogP contribution in [0.3, 0.4) is 0 Å². The van der Waals surface area contributed by atoms with Crippen LogP contribution in [0.15, 0.2) is 12.1 Å². The molecule has 3 heteroatoms. The molecule has 0 bridgehead atoms. The van der Waals surface area contributed by atoms with Gasteiger partial charge in [-0.05, 0) is 29.0 Å². The van der Waals surface area contributed by atoms with Crippen LogP contribution in [-0.2, 0) is 0 Å². The molecule has 1 aromatic carbocycles. The number of fused-ring (bicyclic) bond motifs is 1. The van der Waals surface area contributed by atoms with E-state index in [1.165, 1.54) is 12.1 Å². The Bertz CT molecular complexity index is 435. The molecule has 0 amide bonds. The number of hydrogen-bond donors (Lipinski definition) is 1. The number of benzene rings is 1. The maximum absolute atomic E-state index is 14.0. The van der Waals surface area contributed by atoms with Gasteiger partial charge in [0.15, 0.2) is 0 Å². The van der Waals surface area contributed by atoms with Gasteiger partial charge in [0.2, 0.25) is 0 Å². The minimum Gasteiger partial charge on any atom is -0.309 e. The Labute approximate surface area is 101 Å². The Hall–Kier alpha value is -0.960. The first-order valence-corrected chi connectivity index (χ1v) is 6.03. The number of hydrogen-bond acceptors (Lipinski definition) is 1. The number of halogens is 2. The monoisotopic (exact) mass is 239 g/mol. The van der Waals surface area contributed by atoms with Crippen molar-refractivity contribution in [3.63, 3.8) is 0 Å². The van der Waals surface area contributed by atoms with Crippen molar-refractivity contribution in [3.05, 3.63) is 34.9 Å². The third-order valence-electron chi connectivity index (χ3n) is 3.46. The summed E-state index contributed by atoms with van der Waals surface area (Å²) in [5, 5.41) is 3.33. The van der Waals surface area contributed by atoms with E-state index >= 15 is 0 Å². The molecular weight excluding hydrogens is 220 g/mol. The van der Waals surface area contributed by atoms with Gasteiger partial charge in [-0.1, -0.05) is 27.7 Å². The topological polar surface area (TPSA) is 12.0 Å². The fourth-order valence-electron chi connectivity index (χ4n) is 2.62. The zero-order chi connectivity index (χ0) is 12.8. The highest BCUT2D eigenvalue weighted by molar-refractivity contribution is 5.38. The molecule has 0 aliphatic carbocycles. The van der Waals surface area contributed by atoms with Crippen molar-refractivity contribution in [2.45, 2.75) is 39.7 Å². The Morgan fingerprint density at radius 3 is 2.18 bits per heavy atom. The Morgan fingerprint density at radius 2 is 1.65 bits per heavy atom. The Balaban J connectivity index is 2.63. The molecule has 0 radical (unpaired) electrons. The van der Waals surface area contributed by atoms with Gasteiger partial charge < -0.3 is 5.32 Å². The normalized spacial score (nSPS) is 24.6. The summed E-state index contributed by atoms with van der Waals surface area (Å²) in [5.74, 6) is -0.579. The van der Waals surface area contributed by atoms with Crippen LogP contribution in [0.1, 0.15) is 50.8 Å². The van der Waals surface area contributed by atoms with Crippen molar-refractivity contribution in [2.24, 2.45) is 5.41 Å². The molecule has 0 spiro atoms. The third kappa shape index (κ3) is 2.08. The lowest BCUT2D eigenvalue weighted by Crippen LogP contribution is -2.40. The van der Waals surface area contributed by atoms with Crippen LogP contribution in [0, 0.1) is 17.0 Å². The van der Waals surface area contributed by atoms with Crippen LogP contribution in [0.5, 0.6) is 0 Å². The van der Waals surface area contributed by atoms with Gasteiger partial charge in [-0.2, -0.15) is 0 Å². The van der Waals surface area contributed by atoms with Gasteiger partial charge in [-0.3, -0.25) is 0 Å². The molecule has 2 unspecified atom stereocenters. The van der Waals surface area contributed by atoms with E-state index in [0.717, 1.165) is 0 Å². The summed E-state index contributed by atoms with van der Waals surface area (Å²) in [6, 6.07) is 2.33. The van der Waals surface area contributed by atoms with Crippen LogP contribution < -0.4 is 5.32 Å². The first-order valence-electron chi connectivity index (χ1n) is 6.03. The molecule has 0 saturated heterocycles. The fraction of sp³-hybridized carbons (Fsp3) is 0.571. The van der Waals surface area contributed by atoms with Gasteiger partial charge in [0.1, 0.15) is 11.6 Å². The van der Waals surface area contributed by atoms with Gasteiger partial charge in [-0.15, -0.1) is 0 Å². The average Bonchev–Trinajstić information content (AvgIpc) is 2.22. The second kappa shape index (κ2) is 4.05. The molecule has 0 saturated carbocycles. The molecule has 1 aliphatic heterocycles. The predicted octanol–water partition coefficient (Wildman–Crippen LogP) is 3.76. The van der Waals surface area contributed by atoms with E-state index in [1.54, 1.807) is 0 Å². The van der Waals surface area contributed by atoms with E-state index < -0.39 is 0 Å². The summed E-state index contributed by atoms with van der Waals surface area (Å²) < 4.78 is 27.9. The molecule has 1 heterocycles. The molecule has 1 aliphatic rings. The maximum atomic E-state index is 14.0. The molecular formula is C14H19F2N. The summed E-state index contributed by atoms with van der Waals surface area (Å²) in [4.78, 5) is 0. The van der Waals surface area contributed by atoms with Gasteiger partial charge in [0.05, 0.1) is 0 Å². The lowest BCUT2D eigenvalue weighted by Gasteiger charge is -2.39. The Kier molecular flexibility index (Phi) is 2.98. The van der Waals surface area contributed by atoms with E-state index in [1.807, 2.05) is 27.7 Å². The zero-order valence-corrected chi connectivity index (χ0v) is 10.8. The maximum Gasteiger partial charge on any atom is 0.128 e.